The molecule has 2 aromatic carbocycles. The zero-order valence-electron chi connectivity index (χ0n) is 19.9. The molecule has 3 amide bonds. The molecular weight excluding hydrogens is 496 g/mol. The number of hydrogen-bond acceptors (Lipinski definition) is 6. The first-order valence-corrected chi connectivity index (χ1v) is 12.9. The van der Waals surface area contributed by atoms with Gasteiger partial charge in [-0.3, -0.25) is 29.4 Å². The van der Waals surface area contributed by atoms with E-state index >= 15 is 0 Å². The maximum Gasteiger partial charge on any atom is 0.289 e. The Morgan fingerprint density at radius 3 is 2.51 bits per heavy atom. The average molecular weight is 521 g/mol. The van der Waals surface area contributed by atoms with Gasteiger partial charge in [0.1, 0.15) is 11.1 Å². The second-order valence-corrected chi connectivity index (χ2v) is 10.5. The summed E-state index contributed by atoms with van der Waals surface area (Å²) < 4.78 is 0. The Balaban J connectivity index is 1.39. The van der Waals surface area contributed by atoms with E-state index in [1.165, 1.54) is 23.1 Å². The predicted octanol–water partition coefficient (Wildman–Crippen LogP) is 4.53. The van der Waals surface area contributed by atoms with Crippen molar-refractivity contribution < 1.29 is 19.3 Å². The number of nitro benzene ring substituents is 1. The van der Waals surface area contributed by atoms with Crippen LogP contribution < -0.4 is 5.32 Å². The monoisotopic (exact) mass is 520 g/mol. The summed E-state index contributed by atoms with van der Waals surface area (Å²) in [6.45, 7) is 0. The van der Waals surface area contributed by atoms with Crippen LogP contribution in [0.4, 0.5) is 11.4 Å². The van der Waals surface area contributed by atoms with Crippen LogP contribution in [0, 0.1) is 22.0 Å². The van der Waals surface area contributed by atoms with Crippen molar-refractivity contribution in [3.63, 3.8) is 0 Å². The molecule has 4 aliphatic rings. The number of fused-ring (bicyclic) bond motifs is 5. The van der Waals surface area contributed by atoms with Gasteiger partial charge in [0.15, 0.2) is 0 Å². The Morgan fingerprint density at radius 2 is 1.76 bits per heavy atom. The quantitative estimate of drug-likeness (QED) is 0.360. The number of rotatable bonds is 4. The Morgan fingerprint density at radius 1 is 1.03 bits per heavy atom. The van der Waals surface area contributed by atoms with Crippen LogP contribution in [-0.4, -0.2) is 44.5 Å². The smallest absolute Gasteiger partial charge is 0.289 e. The lowest BCUT2D eigenvalue weighted by Crippen LogP contribution is -2.49. The number of halogens is 1. The largest absolute Gasteiger partial charge is 0.357 e. The lowest BCUT2D eigenvalue weighted by Gasteiger charge is -2.37. The van der Waals surface area contributed by atoms with Crippen LogP contribution >= 0.6 is 11.6 Å². The van der Waals surface area contributed by atoms with Gasteiger partial charge >= 0.3 is 0 Å². The molecule has 6 rings (SSSR count). The average Bonchev–Trinajstić information content (AvgIpc) is 3.38. The molecule has 0 aromatic heterocycles. The standard InChI is InChI=1S/C27H25ClN4O5/c28-19-11-10-16(14-20(19)32(36)37)29-25(33)24-22-21(23-18-9-5-4-6-15(18)12-13-30(23)24)26(34)31(27(22)35)17-7-2-1-3-8-17/h4-6,9-14,17,21-24H,1-3,7-8H2,(H,29,33)/t21-,22+,23-,24-/m0/s1. The number of likely N-dealkylation sites (tertiary alicyclic amines) is 1. The maximum atomic E-state index is 13.9. The van der Waals surface area contributed by atoms with Crippen LogP contribution in [0.5, 0.6) is 0 Å². The predicted molar refractivity (Wildman–Crippen MR) is 136 cm³/mol. The van der Waals surface area contributed by atoms with Crippen molar-refractivity contribution in [2.75, 3.05) is 5.32 Å². The molecule has 1 aliphatic carbocycles. The Labute approximate surface area is 218 Å². The van der Waals surface area contributed by atoms with Crippen LogP contribution in [0.25, 0.3) is 6.08 Å². The molecule has 3 fully saturated rings. The summed E-state index contributed by atoms with van der Waals surface area (Å²) in [7, 11) is 0. The number of carbonyl (C=O) groups is 3. The van der Waals surface area contributed by atoms with Gasteiger partial charge < -0.3 is 10.2 Å². The van der Waals surface area contributed by atoms with Crippen LogP contribution in [-0.2, 0) is 14.4 Å². The first kappa shape index (κ1) is 23.7. The first-order chi connectivity index (χ1) is 17.9. The molecular formula is C27H25ClN4O5. The summed E-state index contributed by atoms with van der Waals surface area (Å²) in [6, 6.07) is 10.2. The van der Waals surface area contributed by atoms with Crippen molar-refractivity contribution in [2.24, 2.45) is 11.8 Å². The van der Waals surface area contributed by atoms with Crippen molar-refractivity contribution >= 4 is 46.8 Å². The van der Waals surface area contributed by atoms with Gasteiger partial charge in [-0.2, -0.15) is 0 Å². The summed E-state index contributed by atoms with van der Waals surface area (Å²) in [5, 5.41) is 14.0. The van der Waals surface area contributed by atoms with Crippen molar-refractivity contribution in [3.05, 3.63) is 74.9 Å². The van der Waals surface area contributed by atoms with Crippen LogP contribution in [0.3, 0.4) is 0 Å². The van der Waals surface area contributed by atoms with Crippen LogP contribution in [0.15, 0.2) is 48.7 Å². The van der Waals surface area contributed by atoms with Gasteiger partial charge in [-0.15, -0.1) is 0 Å². The Hall–Kier alpha value is -3.72. The zero-order chi connectivity index (χ0) is 25.8. The minimum absolute atomic E-state index is 0.0424. The molecule has 9 nitrogen and oxygen atoms in total. The van der Waals surface area contributed by atoms with E-state index in [-0.39, 0.29) is 34.3 Å². The number of hydrogen-bond donors (Lipinski definition) is 1. The third-order valence-corrected chi connectivity index (χ3v) is 8.43. The summed E-state index contributed by atoms with van der Waals surface area (Å²) in [5.74, 6) is -2.54. The number of nitrogens with one attached hydrogen (secondary N) is 1. The van der Waals surface area contributed by atoms with Crippen molar-refractivity contribution in [1.82, 2.24) is 9.80 Å². The molecule has 190 valence electrons. The van der Waals surface area contributed by atoms with E-state index in [0.29, 0.717) is 0 Å². The highest BCUT2D eigenvalue weighted by Crippen LogP contribution is 2.53. The Bertz CT molecular complexity index is 1350. The number of benzene rings is 2. The summed E-state index contributed by atoms with van der Waals surface area (Å²) in [6.07, 6.45) is 8.26. The lowest BCUT2D eigenvalue weighted by atomic mass is 9.84. The molecule has 37 heavy (non-hydrogen) atoms. The molecule has 0 radical (unpaired) electrons. The van der Waals surface area contributed by atoms with Gasteiger partial charge in [-0.05, 0) is 42.2 Å². The number of imide groups is 1. The first-order valence-electron chi connectivity index (χ1n) is 12.5. The number of amides is 3. The number of anilines is 1. The highest BCUT2D eigenvalue weighted by atomic mass is 35.5. The summed E-state index contributed by atoms with van der Waals surface area (Å²) in [4.78, 5) is 55.5. The normalized spacial score (nSPS) is 26.6. The fourth-order valence-electron chi connectivity index (χ4n) is 6.53. The molecule has 3 aliphatic heterocycles. The number of nitro groups is 1. The van der Waals surface area contributed by atoms with E-state index in [9.17, 15) is 24.5 Å². The molecule has 3 heterocycles. The molecule has 1 saturated carbocycles. The molecule has 0 unspecified atom stereocenters. The molecule has 0 bridgehead atoms. The fourth-order valence-corrected chi connectivity index (χ4v) is 6.71. The number of nitrogens with zero attached hydrogens (tertiary/aromatic N) is 3. The zero-order valence-corrected chi connectivity index (χ0v) is 20.6. The second-order valence-electron chi connectivity index (χ2n) is 10.1. The number of carbonyl (C=O) groups excluding carboxylic acids is 3. The van der Waals surface area contributed by atoms with Gasteiger partial charge in [-0.25, -0.2) is 0 Å². The van der Waals surface area contributed by atoms with Crippen molar-refractivity contribution in [2.45, 2.75) is 50.2 Å². The van der Waals surface area contributed by atoms with E-state index in [0.717, 1.165) is 43.2 Å². The SMILES string of the molecule is O=C(Nc1ccc(Cl)c([N+](=O)[O-])c1)[C@@H]1[C@@H]2C(=O)N(C3CCCCC3)C(=O)[C@@H]2[C@@H]2c3ccccc3C=CN12. The van der Waals surface area contributed by atoms with Gasteiger partial charge in [-0.1, -0.05) is 55.1 Å². The summed E-state index contributed by atoms with van der Waals surface area (Å²) >= 11 is 5.93. The lowest BCUT2D eigenvalue weighted by molar-refractivity contribution is -0.384. The molecule has 10 heteroatoms. The molecule has 1 N–H and O–H groups in total. The molecule has 0 spiro atoms. The highest BCUT2D eigenvalue weighted by Gasteiger charge is 2.65. The minimum Gasteiger partial charge on any atom is -0.357 e. The van der Waals surface area contributed by atoms with Crippen molar-refractivity contribution in [1.29, 1.82) is 0 Å². The van der Waals surface area contributed by atoms with E-state index in [1.807, 2.05) is 35.2 Å². The molecule has 2 aromatic rings. The molecule has 4 atom stereocenters. The van der Waals surface area contributed by atoms with E-state index < -0.39 is 34.7 Å². The van der Waals surface area contributed by atoms with Gasteiger partial charge in [0.25, 0.3) is 5.69 Å². The van der Waals surface area contributed by atoms with E-state index in [4.69, 9.17) is 11.6 Å². The molecule has 2 saturated heterocycles. The fraction of sp³-hybridized carbons (Fsp3) is 0.370. The van der Waals surface area contributed by atoms with E-state index in [1.54, 1.807) is 6.20 Å². The third kappa shape index (κ3) is 3.71. The van der Waals surface area contributed by atoms with Crippen molar-refractivity contribution in [3.8, 4) is 0 Å². The minimum atomic E-state index is -0.945. The maximum absolute atomic E-state index is 13.9. The van der Waals surface area contributed by atoms with Crippen LogP contribution in [0.2, 0.25) is 5.02 Å². The third-order valence-electron chi connectivity index (χ3n) is 8.11. The van der Waals surface area contributed by atoms with E-state index in [2.05, 4.69) is 5.32 Å². The van der Waals surface area contributed by atoms with Gasteiger partial charge in [0.2, 0.25) is 17.7 Å². The van der Waals surface area contributed by atoms with Gasteiger partial charge in [0, 0.05) is 24.0 Å². The summed E-state index contributed by atoms with van der Waals surface area (Å²) in [5.41, 5.74) is 1.73. The second kappa shape index (κ2) is 8.99. The Kier molecular flexibility index (Phi) is 5.75. The van der Waals surface area contributed by atoms with Gasteiger partial charge in [0.05, 0.1) is 22.8 Å². The van der Waals surface area contributed by atoms with Crippen LogP contribution in [0.1, 0.15) is 49.3 Å². The highest BCUT2D eigenvalue weighted by molar-refractivity contribution is 6.32. The topological polar surface area (TPSA) is 113 Å².